The van der Waals surface area contributed by atoms with Gasteiger partial charge in [-0.25, -0.2) is 0 Å². The highest BCUT2D eigenvalue weighted by Crippen LogP contribution is 2.28. The van der Waals surface area contributed by atoms with Crippen LogP contribution in [0.4, 0.5) is 0 Å². The van der Waals surface area contributed by atoms with Crippen molar-refractivity contribution in [3.63, 3.8) is 0 Å². The van der Waals surface area contributed by atoms with Crippen molar-refractivity contribution in [1.82, 2.24) is 14.8 Å². The van der Waals surface area contributed by atoms with Gasteiger partial charge >= 0.3 is 0 Å². The lowest BCUT2D eigenvalue weighted by atomic mass is 9.89. The number of pyridine rings is 1. The summed E-state index contributed by atoms with van der Waals surface area (Å²) in [7, 11) is 1.70. The highest BCUT2D eigenvalue weighted by atomic mass is 16.5. The molecule has 142 valence electrons. The van der Waals surface area contributed by atoms with Gasteiger partial charge in [0.05, 0.1) is 6.10 Å². The van der Waals surface area contributed by atoms with Gasteiger partial charge in [-0.3, -0.25) is 14.6 Å². The molecule has 2 aliphatic rings. The highest BCUT2D eigenvalue weighted by molar-refractivity contribution is 5.77. The number of ether oxygens (including phenoxy) is 1. The van der Waals surface area contributed by atoms with E-state index in [0.29, 0.717) is 25.4 Å². The standard InChI is InChI=1S/C20H29N3O3/c1-15(24)23-12-8-19(26-2)17(14-23)13-20(25)22-10-6-16(7-11-22)18-5-3-4-9-21-18/h3-5,9,16-17,19H,6-8,10-14H2,1-2H3/t17-,19-/m1/s1. The molecule has 2 fully saturated rings. The first-order valence-corrected chi connectivity index (χ1v) is 9.55. The van der Waals surface area contributed by atoms with E-state index in [1.807, 2.05) is 28.1 Å². The quantitative estimate of drug-likeness (QED) is 0.826. The number of piperidine rings is 2. The SMILES string of the molecule is CO[C@@H]1CCN(C(C)=O)C[C@H]1CC(=O)N1CCC(c2ccccn2)CC1. The Morgan fingerprint density at radius 3 is 2.50 bits per heavy atom. The summed E-state index contributed by atoms with van der Waals surface area (Å²) in [6.07, 6.45) is 5.07. The van der Waals surface area contributed by atoms with E-state index in [9.17, 15) is 9.59 Å². The molecule has 2 saturated heterocycles. The Labute approximate surface area is 155 Å². The van der Waals surface area contributed by atoms with Crippen LogP contribution in [0.3, 0.4) is 0 Å². The molecule has 6 heteroatoms. The van der Waals surface area contributed by atoms with E-state index in [1.54, 1.807) is 14.0 Å². The van der Waals surface area contributed by atoms with Gasteiger partial charge in [0.15, 0.2) is 0 Å². The zero-order valence-corrected chi connectivity index (χ0v) is 15.8. The first-order chi connectivity index (χ1) is 12.6. The summed E-state index contributed by atoms with van der Waals surface area (Å²) in [6, 6.07) is 6.03. The van der Waals surface area contributed by atoms with Gasteiger partial charge < -0.3 is 14.5 Å². The molecule has 2 atom stereocenters. The molecule has 0 bridgehead atoms. The molecular formula is C20H29N3O3. The zero-order valence-electron chi connectivity index (χ0n) is 15.8. The predicted molar refractivity (Wildman–Crippen MR) is 98.6 cm³/mol. The van der Waals surface area contributed by atoms with E-state index in [1.165, 1.54) is 0 Å². The molecular weight excluding hydrogens is 330 g/mol. The fourth-order valence-electron chi connectivity index (χ4n) is 4.20. The maximum absolute atomic E-state index is 12.8. The molecule has 0 spiro atoms. The molecule has 1 aromatic rings. The minimum Gasteiger partial charge on any atom is -0.381 e. The van der Waals surface area contributed by atoms with E-state index in [4.69, 9.17) is 4.74 Å². The topological polar surface area (TPSA) is 62.7 Å². The zero-order chi connectivity index (χ0) is 18.5. The van der Waals surface area contributed by atoms with Crippen LogP contribution in [0.5, 0.6) is 0 Å². The molecule has 6 nitrogen and oxygen atoms in total. The van der Waals surface area contributed by atoms with Crippen LogP contribution in [0.2, 0.25) is 0 Å². The Balaban J connectivity index is 1.54. The minimum absolute atomic E-state index is 0.0561. The lowest BCUT2D eigenvalue weighted by Crippen LogP contribution is -2.48. The third-order valence-corrected chi connectivity index (χ3v) is 5.80. The van der Waals surface area contributed by atoms with E-state index >= 15 is 0 Å². The van der Waals surface area contributed by atoms with Crippen LogP contribution in [-0.2, 0) is 14.3 Å². The highest BCUT2D eigenvalue weighted by Gasteiger charge is 2.34. The second-order valence-corrected chi connectivity index (χ2v) is 7.40. The van der Waals surface area contributed by atoms with Crippen molar-refractivity contribution in [1.29, 1.82) is 0 Å². The normalized spacial score (nSPS) is 24.5. The van der Waals surface area contributed by atoms with Crippen LogP contribution in [0.15, 0.2) is 24.4 Å². The monoisotopic (exact) mass is 359 g/mol. The molecule has 0 saturated carbocycles. The van der Waals surface area contributed by atoms with E-state index in [-0.39, 0.29) is 23.8 Å². The van der Waals surface area contributed by atoms with E-state index in [0.717, 1.165) is 38.0 Å². The smallest absolute Gasteiger partial charge is 0.223 e. The van der Waals surface area contributed by atoms with Gasteiger partial charge in [-0.05, 0) is 31.4 Å². The van der Waals surface area contributed by atoms with Crippen molar-refractivity contribution in [2.75, 3.05) is 33.3 Å². The number of carbonyl (C=O) groups is 2. The van der Waals surface area contributed by atoms with Crippen molar-refractivity contribution < 1.29 is 14.3 Å². The van der Waals surface area contributed by atoms with Gasteiger partial charge in [-0.15, -0.1) is 0 Å². The number of amides is 2. The van der Waals surface area contributed by atoms with Crippen molar-refractivity contribution >= 4 is 11.8 Å². The molecule has 0 aliphatic carbocycles. The number of likely N-dealkylation sites (tertiary alicyclic amines) is 2. The van der Waals surface area contributed by atoms with Gasteiger partial charge in [0.2, 0.25) is 11.8 Å². The van der Waals surface area contributed by atoms with E-state index in [2.05, 4.69) is 11.1 Å². The summed E-state index contributed by atoms with van der Waals surface area (Å²) in [5, 5.41) is 0. The van der Waals surface area contributed by atoms with Gasteiger partial charge in [0.25, 0.3) is 0 Å². The third-order valence-electron chi connectivity index (χ3n) is 5.80. The van der Waals surface area contributed by atoms with Crippen molar-refractivity contribution in [3.8, 4) is 0 Å². The number of aromatic nitrogens is 1. The summed E-state index contributed by atoms with van der Waals surface area (Å²) >= 11 is 0. The van der Waals surface area contributed by atoms with E-state index < -0.39 is 0 Å². The predicted octanol–water partition coefficient (Wildman–Crippen LogP) is 2.06. The van der Waals surface area contributed by atoms with Crippen LogP contribution >= 0.6 is 0 Å². The molecule has 0 aromatic carbocycles. The van der Waals surface area contributed by atoms with Crippen LogP contribution < -0.4 is 0 Å². The van der Waals surface area contributed by atoms with Crippen molar-refractivity contribution in [3.05, 3.63) is 30.1 Å². The first-order valence-electron chi connectivity index (χ1n) is 9.55. The largest absolute Gasteiger partial charge is 0.381 e. The number of hydrogen-bond donors (Lipinski definition) is 0. The average Bonchev–Trinajstić information content (AvgIpc) is 2.68. The Morgan fingerprint density at radius 2 is 1.88 bits per heavy atom. The van der Waals surface area contributed by atoms with Gasteiger partial charge in [-0.2, -0.15) is 0 Å². The molecule has 3 heterocycles. The molecule has 0 N–H and O–H groups in total. The lowest BCUT2D eigenvalue weighted by molar-refractivity contribution is -0.140. The van der Waals surface area contributed by atoms with Gasteiger partial charge in [-0.1, -0.05) is 6.07 Å². The summed E-state index contributed by atoms with van der Waals surface area (Å²) in [4.78, 5) is 32.7. The second kappa shape index (κ2) is 8.62. The maximum atomic E-state index is 12.8. The number of rotatable bonds is 4. The lowest BCUT2D eigenvalue weighted by Gasteiger charge is -2.39. The summed E-state index contributed by atoms with van der Waals surface area (Å²) in [5.74, 6) is 0.781. The van der Waals surface area contributed by atoms with Gasteiger partial charge in [0.1, 0.15) is 0 Å². The van der Waals surface area contributed by atoms with Crippen LogP contribution in [-0.4, -0.2) is 66.0 Å². The fraction of sp³-hybridized carbons (Fsp3) is 0.650. The van der Waals surface area contributed by atoms with Crippen LogP contribution in [0.25, 0.3) is 0 Å². The van der Waals surface area contributed by atoms with Crippen molar-refractivity contribution in [2.24, 2.45) is 5.92 Å². The molecule has 26 heavy (non-hydrogen) atoms. The Morgan fingerprint density at radius 1 is 1.15 bits per heavy atom. The first kappa shape index (κ1) is 18.8. The number of methoxy groups -OCH3 is 1. The second-order valence-electron chi connectivity index (χ2n) is 7.40. The number of carbonyl (C=O) groups excluding carboxylic acids is 2. The minimum atomic E-state index is 0.0561. The molecule has 3 rings (SSSR count). The molecule has 0 unspecified atom stereocenters. The molecule has 2 aliphatic heterocycles. The summed E-state index contributed by atoms with van der Waals surface area (Å²) in [6.45, 7) is 4.48. The maximum Gasteiger partial charge on any atom is 0.223 e. The Kier molecular flexibility index (Phi) is 6.25. The number of nitrogens with zero attached hydrogens (tertiary/aromatic N) is 3. The van der Waals surface area contributed by atoms with Crippen LogP contribution in [0, 0.1) is 5.92 Å². The Bertz CT molecular complexity index is 614. The third kappa shape index (κ3) is 4.41. The number of hydrogen-bond acceptors (Lipinski definition) is 4. The fourth-order valence-corrected chi connectivity index (χ4v) is 4.20. The van der Waals surface area contributed by atoms with Crippen LogP contribution in [0.1, 0.15) is 44.2 Å². The summed E-state index contributed by atoms with van der Waals surface area (Å²) in [5.41, 5.74) is 1.13. The average molecular weight is 359 g/mol. The summed E-state index contributed by atoms with van der Waals surface area (Å²) < 4.78 is 5.58. The van der Waals surface area contributed by atoms with Crippen molar-refractivity contribution in [2.45, 2.75) is 44.6 Å². The molecule has 2 amide bonds. The molecule has 0 radical (unpaired) electrons. The van der Waals surface area contributed by atoms with Gasteiger partial charge in [0, 0.05) is 70.4 Å². The Hall–Kier alpha value is -1.95. The molecule has 1 aromatic heterocycles.